The highest BCUT2D eigenvalue weighted by Crippen LogP contribution is 2.26. The molecule has 0 saturated carbocycles. The number of nitrogens with zero attached hydrogens (tertiary/aromatic N) is 3. The van der Waals surface area contributed by atoms with Crippen LogP contribution in [0.5, 0.6) is 6.01 Å². The molecule has 0 unspecified atom stereocenters. The van der Waals surface area contributed by atoms with Crippen LogP contribution in [0.2, 0.25) is 0 Å². The number of alkyl halides is 2. The van der Waals surface area contributed by atoms with Gasteiger partial charge in [0.25, 0.3) is 6.43 Å². The summed E-state index contributed by atoms with van der Waals surface area (Å²) < 4.78 is 44.2. The molecule has 0 fully saturated rings. The van der Waals surface area contributed by atoms with E-state index in [0.29, 0.717) is 12.4 Å². The number of rotatable bonds is 8. The number of halogens is 3. The Kier molecular flexibility index (Phi) is 6.61. The van der Waals surface area contributed by atoms with Crippen molar-refractivity contribution in [3.63, 3.8) is 0 Å². The molecule has 26 heavy (non-hydrogen) atoms. The normalized spacial score (nSPS) is 11.5. The van der Waals surface area contributed by atoms with Crippen LogP contribution in [0.1, 0.15) is 18.9 Å². The molecular weight excluding hydrogens is 349 g/mol. The fourth-order valence-corrected chi connectivity index (χ4v) is 1.99. The zero-order valence-corrected chi connectivity index (χ0v) is 14.0. The summed E-state index contributed by atoms with van der Waals surface area (Å²) in [5.74, 6) is 5.36. The van der Waals surface area contributed by atoms with Crippen molar-refractivity contribution in [2.75, 3.05) is 23.5 Å². The molecule has 7 nitrogen and oxygen atoms in total. The van der Waals surface area contributed by atoms with Crippen molar-refractivity contribution in [2.45, 2.75) is 13.3 Å². The Bertz CT molecular complexity index is 771. The van der Waals surface area contributed by atoms with Gasteiger partial charge in [0.1, 0.15) is 18.2 Å². The van der Waals surface area contributed by atoms with E-state index in [0.717, 1.165) is 17.1 Å². The fraction of sp³-hybridized carbons (Fsp3) is 0.250. The topological polar surface area (TPSA) is 102 Å². The predicted molar refractivity (Wildman–Crippen MR) is 92.0 cm³/mol. The lowest BCUT2D eigenvalue weighted by molar-refractivity contribution is 0.146. The minimum Gasteiger partial charge on any atom is -0.457 e. The zero-order valence-electron chi connectivity index (χ0n) is 14.0. The summed E-state index contributed by atoms with van der Waals surface area (Å²) in [6.45, 7) is 2.54. The molecule has 10 heteroatoms. The Morgan fingerprint density at radius 2 is 2.15 bits per heavy atom. The van der Waals surface area contributed by atoms with Crippen molar-refractivity contribution in [3.05, 3.63) is 53.7 Å². The van der Waals surface area contributed by atoms with Gasteiger partial charge < -0.3 is 15.8 Å². The van der Waals surface area contributed by atoms with Crippen molar-refractivity contribution in [2.24, 2.45) is 11.6 Å². The van der Waals surface area contributed by atoms with Gasteiger partial charge in [0.05, 0.1) is 16.9 Å². The van der Waals surface area contributed by atoms with Crippen LogP contribution >= 0.6 is 0 Å². The fourth-order valence-electron chi connectivity index (χ4n) is 1.99. The molecule has 1 aromatic heterocycles. The lowest BCUT2D eigenvalue weighted by Gasteiger charge is -2.16. The maximum absolute atomic E-state index is 13.3. The molecule has 5 N–H and O–H groups in total. The summed E-state index contributed by atoms with van der Waals surface area (Å²) in [6, 6.07) is 4.93. The number of anilines is 2. The lowest BCUT2D eigenvalue weighted by atomic mass is 10.2. The smallest absolute Gasteiger partial charge is 0.318 e. The van der Waals surface area contributed by atoms with Gasteiger partial charge in [-0.25, -0.2) is 24.0 Å². The average molecular weight is 368 g/mol. The van der Waals surface area contributed by atoms with Crippen LogP contribution < -0.4 is 26.6 Å². The van der Waals surface area contributed by atoms with E-state index in [4.69, 9.17) is 16.3 Å². The molecular formula is C16H19F3N6O. The Balaban J connectivity index is 2.02. The molecule has 0 spiro atoms. The maximum atomic E-state index is 13.3. The van der Waals surface area contributed by atoms with Crippen LogP contribution in [0.15, 0.2) is 42.4 Å². The summed E-state index contributed by atoms with van der Waals surface area (Å²) in [7, 11) is 0. The molecule has 0 aliphatic rings. The molecule has 1 aromatic carbocycles. The molecule has 0 saturated heterocycles. The van der Waals surface area contributed by atoms with E-state index in [2.05, 4.69) is 15.3 Å². The summed E-state index contributed by atoms with van der Waals surface area (Å²) in [5, 5.41) is 4.01. The van der Waals surface area contributed by atoms with Gasteiger partial charge in [0, 0.05) is 18.9 Å². The minimum atomic E-state index is -2.95. The molecule has 140 valence electrons. The second kappa shape index (κ2) is 8.90. The summed E-state index contributed by atoms with van der Waals surface area (Å²) in [4.78, 5) is 8.06. The first kappa shape index (κ1) is 19.3. The van der Waals surface area contributed by atoms with Gasteiger partial charge in [-0.05, 0) is 31.2 Å². The van der Waals surface area contributed by atoms with Crippen molar-refractivity contribution in [1.82, 2.24) is 9.97 Å². The van der Waals surface area contributed by atoms with Crippen LogP contribution in [-0.2, 0) is 0 Å². The third-order valence-corrected chi connectivity index (χ3v) is 3.18. The van der Waals surface area contributed by atoms with Gasteiger partial charge in [-0.1, -0.05) is 0 Å². The average Bonchev–Trinajstić information content (AvgIpc) is 2.60. The first-order valence-corrected chi connectivity index (χ1v) is 7.68. The SMILES string of the molecule is CCNc1ccnc(OC/C(N)=C/N(N)c2ccc(F)c(C(F)F)c2)n1. The quantitative estimate of drug-likeness (QED) is 0.486. The van der Waals surface area contributed by atoms with Gasteiger partial charge in [0.15, 0.2) is 0 Å². The molecule has 1 heterocycles. The van der Waals surface area contributed by atoms with Crippen molar-refractivity contribution >= 4 is 11.5 Å². The molecule has 2 aromatic rings. The number of hydrogen-bond donors (Lipinski definition) is 3. The van der Waals surface area contributed by atoms with Gasteiger partial charge in [-0.15, -0.1) is 0 Å². The molecule has 0 aliphatic carbocycles. The van der Waals surface area contributed by atoms with E-state index in [9.17, 15) is 13.2 Å². The van der Waals surface area contributed by atoms with E-state index >= 15 is 0 Å². The Morgan fingerprint density at radius 3 is 2.85 bits per heavy atom. The van der Waals surface area contributed by atoms with Gasteiger partial charge in [0.2, 0.25) is 0 Å². The van der Waals surface area contributed by atoms with E-state index in [1.54, 1.807) is 6.07 Å². The second-order valence-corrected chi connectivity index (χ2v) is 5.16. The van der Waals surface area contributed by atoms with Crippen LogP contribution in [0, 0.1) is 5.82 Å². The predicted octanol–water partition coefficient (Wildman–Crippen LogP) is 2.54. The van der Waals surface area contributed by atoms with Crippen LogP contribution in [-0.4, -0.2) is 23.1 Å². The number of ether oxygens (including phenoxy) is 1. The number of hydrazine groups is 1. The van der Waals surface area contributed by atoms with Crippen molar-refractivity contribution < 1.29 is 17.9 Å². The Hall–Kier alpha value is -3.01. The van der Waals surface area contributed by atoms with Gasteiger partial charge in [-0.3, -0.25) is 5.01 Å². The number of nitrogens with two attached hydrogens (primary N) is 2. The van der Waals surface area contributed by atoms with Crippen LogP contribution in [0.25, 0.3) is 0 Å². The third kappa shape index (κ3) is 5.24. The molecule has 0 atom stereocenters. The number of benzene rings is 1. The molecule has 0 aliphatic heterocycles. The first-order valence-electron chi connectivity index (χ1n) is 7.68. The summed E-state index contributed by atoms with van der Waals surface area (Å²) >= 11 is 0. The monoisotopic (exact) mass is 368 g/mol. The van der Waals surface area contributed by atoms with E-state index in [1.165, 1.54) is 18.5 Å². The summed E-state index contributed by atoms with van der Waals surface area (Å²) in [6.07, 6.45) is -0.148. The molecule has 2 rings (SSSR count). The van der Waals surface area contributed by atoms with Gasteiger partial charge >= 0.3 is 6.01 Å². The standard InChI is InChI=1S/C16H19F3N6O/c1-2-22-14-5-6-23-16(24-14)26-9-10(20)8-25(21)11-3-4-13(17)12(7-11)15(18)19/h3-8,15H,2,9,20-21H2,1H3,(H,22,23,24)/b10-8-. The van der Waals surface area contributed by atoms with Crippen molar-refractivity contribution in [1.29, 1.82) is 0 Å². The lowest BCUT2D eigenvalue weighted by Crippen LogP contribution is -2.27. The second-order valence-electron chi connectivity index (χ2n) is 5.16. The first-order chi connectivity index (χ1) is 12.4. The van der Waals surface area contributed by atoms with Gasteiger partial charge in [-0.2, -0.15) is 4.98 Å². The minimum absolute atomic E-state index is 0.0772. The highest BCUT2D eigenvalue weighted by atomic mass is 19.3. The zero-order chi connectivity index (χ0) is 19.1. The van der Waals surface area contributed by atoms with Crippen LogP contribution in [0.4, 0.5) is 24.7 Å². The molecule has 0 amide bonds. The Morgan fingerprint density at radius 1 is 1.38 bits per heavy atom. The van der Waals surface area contributed by atoms with Crippen molar-refractivity contribution in [3.8, 4) is 6.01 Å². The summed E-state index contributed by atoms with van der Waals surface area (Å²) in [5.41, 5.74) is 5.40. The highest BCUT2D eigenvalue weighted by molar-refractivity contribution is 5.50. The van der Waals surface area contributed by atoms with E-state index < -0.39 is 17.8 Å². The number of hydrogen-bond acceptors (Lipinski definition) is 7. The largest absolute Gasteiger partial charge is 0.457 e. The molecule has 0 radical (unpaired) electrons. The number of nitrogens with one attached hydrogen (secondary N) is 1. The highest BCUT2D eigenvalue weighted by Gasteiger charge is 2.15. The van der Waals surface area contributed by atoms with Crippen LogP contribution in [0.3, 0.4) is 0 Å². The Labute approximate surface area is 148 Å². The van der Waals surface area contributed by atoms with E-state index in [1.807, 2.05) is 6.92 Å². The third-order valence-electron chi connectivity index (χ3n) is 3.18. The maximum Gasteiger partial charge on any atom is 0.318 e. The molecule has 0 bridgehead atoms. The number of aromatic nitrogens is 2. The van der Waals surface area contributed by atoms with E-state index in [-0.39, 0.29) is 24.0 Å².